The molecular formula is C14H15ClFN3. The molecule has 1 aromatic carbocycles. The van der Waals surface area contributed by atoms with Crippen LogP contribution in [-0.4, -0.2) is 9.97 Å². The number of rotatable bonds is 3. The predicted molar refractivity (Wildman–Crippen MR) is 75.4 cm³/mol. The topological polar surface area (TPSA) is 51.8 Å². The second kappa shape index (κ2) is 5.53. The van der Waals surface area contributed by atoms with Crippen LogP contribution >= 0.6 is 11.6 Å². The van der Waals surface area contributed by atoms with Gasteiger partial charge in [0, 0.05) is 11.8 Å². The maximum absolute atomic E-state index is 14.0. The molecule has 0 fully saturated rings. The number of nitrogen functional groups attached to an aromatic ring is 1. The Morgan fingerprint density at radius 3 is 2.74 bits per heavy atom. The van der Waals surface area contributed by atoms with Gasteiger partial charge >= 0.3 is 0 Å². The van der Waals surface area contributed by atoms with E-state index in [9.17, 15) is 4.39 Å². The number of hydrogen-bond acceptors (Lipinski definition) is 3. The first kappa shape index (κ1) is 13.7. The van der Waals surface area contributed by atoms with Crippen molar-refractivity contribution in [1.29, 1.82) is 0 Å². The molecular weight excluding hydrogens is 265 g/mol. The first-order valence-corrected chi connectivity index (χ1v) is 6.43. The largest absolute Gasteiger partial charge is 0.384 e. The minimum Gasteiger partial charge on any atom is -0.384 e. The van der Waals surface area contributed by atoms with Gasteiger partial charge in [-0.05, 0) is 24.5 Å². The molecule has 5 heteroatoms. The first-order valence-electron chi connectivity index (χ1n) is 6.05. The van der Waals surface area contributed by atoms with E-state index in [-0.39, 0.29) is 16.4 Å². The summed E-state index contributed by atoms with van der Waals surface area (Å²) in [6, 6.07) is 6.46. The Morgan fingerprint density at radius 2 is 2.05 bits per heavy atom. The summed E-state index contributed by atoms with van der Waals surface area (Å²) in [6.07, 6.45) is 0.766. The van der Waals surface area contributed by atoms with Gasteiger partial charge in [-0.15, -0.1) is 0 Å². The Balaban J connectivity index is 2.50. The highest BCUT2D eigenvalue weighted by molar-refractivity contribution is 6.31. The number of benzene rings is 1. The standard InChI is InChI=1S/C14H15ClFN3/c1-8(2)6-9-7-12(17)19-14(18-9)10-4-3-5-11(15)13(10)16/h3-5,7-8H,6H2,1-2H3,(H2,17,18,19). The smallest absolute Gasteiger partial charge is 0.164 e. The molecule has 0 saturated heterocycles. The van der Waals surface area contributed by atoms with Crippen LogP contribution in [0.2, 0.25) is 5.02 Å². The quantitative estimate of drug-likeness (QED) is 0.932. The zero-order valence-corrected chi connectivity index (χ0v) is 11.6. The summed E-state index contributed by atoms with van der Waals surface area (Å²) in [6.45, 7) is 4.16. The van der Waals surface area contributed by atoms with Gasteiger partial charge in [-0.1, -0.05) is 31.5 Å². The lowest BCUT2D eigenvalue weighted by atomic mass is 10.1. The van der Waals surface area contributed by atoms with E-state index in [1.807, 2.05) is 0 Å². The van der Waals surface area contributed by atoms with Crippen molar-refractivity contribution in [2.24, 2.45) is 5.92 Å². The van der Waals surface area contributed by atoms with E-state index >= 15 is 0 Å². The summed E-state index contributed by atoms with van der Waals surface area (Å²) >= 11 is 5.77. The number of nitrogens with two attached hydrogens (primary N) is 1. The van der Waals surface area contributed by atoms with Crippen LogP contribution in [0.4, 0.5) is 10.2 Å². The Bertz CT molecular complexity index is 599. The van der Waals surface area contributed by atoms with E-state index in [1.54, 1.807) is 18.2 Å². The molecule has 3 nitrogen and oxygen atoms in total. The third-order valence-corrected chi connectivity index (χ3v) is 2.90. The minimum atomic E-state index is -0.523. The Hall–Kier alpha value is -1.68. The molecule has 0 unspecified atom stereocenters. The van der Waals surface area contributed by atoms with Crippen LogP contribution in [0.3, 0.4) is 0 Å². The van der Waals surface area contributed by atoms with Crippen LogP contribution in [-0.2, 0) is 6.42 Å². The molecule has 2 rings (SSSR count). The van der Waals surface area contributed by atoms with Crippen LogP contribution in [0.5, 0.6) is 0 Å². The van der Waals surface area contributed by atoms with Crippen molar-refractivity contribution in [3.8, 4) is 11.4 Å². The van der Waals surface area contributed by atoms with E-state index in [0.717, 1.165) is 12.1 Å². The second-order valence-corrected chi connectivity index (χ2v) is 5.21. The highest BCUT2D eigenvalue weighted by Crippen LogP contribution is 2.26. The Labute approximate surface area is 116 Å². The highest BCUT2D eigenvalue weighted by atomic mass is 35.5. The van der Waals surface area contributed by atoms with Crippen molar-refractivity contribution >= 4 is 17.4 Å². The van der Waals surface area contributed by atoms with Gasteiger partial charge in [0.1, 0.15) is 5.82 Å². The van der Waals surface area contributed by atoms with Gasteiger partial charge in [-0.2, -0.15) is 0 Å². The number of nitrogens with zero attached hydrogens (tertiary/aromatic N) is 2. The van der Waals surface area contributed by atoms with E-state index in [0.29, 0.717) is 11.7 Å². The molecule has 0 amide bonds. The van der Waals surface area contributed by atoms with Crippen molar-refractivity contribution in [3.05, 3.63) is 40.8 Å². The molecule has 0 aliphatic heterocycles. The van der Waals surface area contributed by atoms with Gasteiger partial charge in [0.15, 0.2) is 11.6 Å². The molecule has 0 atom stereocenters. The lowest BCUT2D eigenvalue weighted by Crippen LogP contribution is -2.04. The van der Waals surface area contributed by atoms with Crippen LogP contribution < -0.4 is 5.73 Å². The predicted octanol–water partition coefficient (Wildman–Crippen LogP) is 3.72. The third kappa shape index (κ3) is 3.20. The van der Waals surface area contributed by atoms with E-state index in [4.69, 9.17) is 17.3 Å². The average Bonchev–Trinajstić information content (AvgIpc) is 2.31. The number of anilines is 1. The van der Waals surface area contributed by atoms with Crippen LogP contribution in [0, 0.1) is 11.7 Å². The minimum absolute atomic E-state index is 0.0499. The molecule has 2 N–H and O–H groups in total. The van der Waals surface area contributed by atoms with Gasteiger partial charge in [0.25, 0.3) is 0 Å². The van der Waals surface area contributed by atoms with Crippen molar-refractivity contribution in [3.63, 3.8) is 0 Å². The summed E-state index contributed by atoms with van der Waals surface area (Å²) in [5, 5.41) is 0.0499. The maximum Gasteiger partial charge on any atom is 0.164 e. The van der Waals surface area contributed by atoms with E-state index in [2.05, 4.69) is 23.8 Å². The Kier molecular flexibility index (Phi) is 4.00. The summed E-state index contributed by atoms with van der Waals surface area (Å²) in [5.41, 5.74) is 6.83. The monoisotopic (exact) mass is 279 g/mol. The molecule has 1 heterocycles. The van der Waals surface area contributed by atoms with Gasteiger partial charge in [-0.3, -0.25) is 0 Å². The maximum atomic E-state index is 14.0. The van der Waals surface area contributed by atoms with Gasteiger partial charge in [-0.25, -0.2) is 14.4 Å². The van der Waals surface area contributed by atoms with Gasteiger partial charge in [0.05, 0.1) is 10.6 Å². The average molecular weight is 280 g/mol. The molecule has 19 heavy (non-hydrogen) atoms. The summed E-state index contributed by atoms with van der Waals surface area (Å²) in [5.74, 6) is 0.521. The molecule has 2 aromatic rings. The molecule has 1 aromatic heterocycles. The third-order valence-electron chi connectivity index (χ3n) is 2.61. The molecule has 0 aliphatic rings. The number of halogens is 2. The molecule has 0 spiro atoms. The molecule has 100 valence electrons. The summed E-state index contributed by atoms with van der Waals surface area (Å²) in [4.78, 5) is 8.44. The molecule has 0 bridgehead atoms. The molecule has 0 aliphatic carbocycles. The normalized spacial score (nSPS) is 11.0. The number of aromatic nitrogens is 2. The Morgan fingerprint density at radius 1 is 1.32 bits per heavy atom. The van der Waals surface area contributed by atoms with Crippen LogP contribution in [0.25, 0.3) is 11.4 Å². The second-order valence-electron chi connectivity index (χ2n) is 4.81. The lowest BCUT2D eigenvalue weighted by molar-refractivity contribution is 0.626. The molecule has 0 radical (unpaired) electrons. The summed E-state index contributed by atoms with van der Waals surface area (Å²) in [7, 11) is 0. The van der Waals surface area contributed by atoms with Crippen molar-refractivity contribution in [1.82, 2.24) is 9.97 Å². The van der Waals surface area contributed by atoms with E-state index in [1.165, 1.54) is 6.07 Å². The van der Waals surface area contributed by atoms with Crippen LogP contribution in [0.15, 0.2) is 24.3 Å². The zero-order chi connectivity index (χ0) is 14.0. The fourth-order valence-corrected chi connectivity index (χ4v) is 2.01. The zero-order valence-electron chi connectivity index (χ0n) is 10.8. The van der Waals surface area contributed by atoms with Crippen molar-refractivity contribution in [2.45, 2.75) is 20.3 Å². The first-order chi connectivity index (χ1) is 8.97. The lowest BCUT2D eigenvalue weighted by Gasteiger charge is -2.09. The summed E-state index contributed by atoms with van der Waals surface area (Å²) < 4.78 is 14.0. The number of hydrogen-bond donors (Lipinski definition) is 1. The SMILES string of the molecule is CC(C)Cc1cc(N)nc(-c2cccc(Cl)c2F)n1. The van der Waals surface area contributed by atoms with Gasteiger partial charge < -0.3 is 5.73 Å². The van der Waals surface area contributed by atoms with E-state index < -0.39 is 5.82 Å². The fraction of sp³-hybridized carbons (Fsp3) is 0.286. The van der Waals surface area contributed by atoms with Gasteiger partial charge in [0.2, 0.25) is 0 Å². The fourth-order valence-electron chi connectivity index (χ4n) is 1.84. The highest BCUT2D eigenvalue weighted by Gasteiger charge is 2.13. The van der Waals surface area contributed by atoms with Crippen molar-refractivity contribution < 1.29 is 4.39 Å². The molecule has 0 saturated carbocycles. The van der Waals surface area contributed by atoms with Crippen LogP contribution in [0.1, 0.15) is 19.5 Å². The van der Waals surface area contributed by atoms with Crippen molar-refractivity contribution in [2.75, 3.05) is 5.73 Å².